The number of rotatable bonds is 0. The van der Waals surface area contributed by atoms with Gasteiger partial charge in [-0.2, -0.15) is 29.9 Å². The highest BCUT2D eigenvalue weighted by molar-refractivity contribution is 7.25. The van der Waals surface area contributed by atoms with Gasteiger partial charge >= 0.3 is 0 Å². The van der Waals surface area contributed by atoms with Gasteiger partial charge in [-0.3, -0.25) is 0 Å². The normalized spacial score (nSPS) is 11.6. The van der Waals surface area contributed by atoms with Crippen molar-refractivity contribution in [3.63, 3.8) is 0 Å². The quantitative estimate of drug-likeness (QED) is 0.100. The first-order valence-electron chi connectivity index (χ1n) is 41.1. The predicted octanol–water partition coefficient (Wildman–Crippen LogP) is 19.9. The number of aryl methyl sites for hydroxylation is 12. The lowest BCUT2D eigenvalue weighted by Crippen LogP contribution is -2.05. The molecule has 0 saturated carbocycles. The van der Waals surface area contributed by atoms with Gasteiger partial charge in [0.05, 0.1) is 64.6 Å². The summed E-state index contributed by atoms with van der Waals surface area (Å²) in [6, 6.07) is 0. The predicted molar refractivity (Wildman–Crippen MR) is 490 cm³/mol. The van der Waals surface area contributed by atoms with Crippen LogP contribution in [0.2, 0.25) is 0 Å². The Morgan fingerprint density at radius 3 is 0.233 bits per heavy atom. The van der Waals surface area contributed by atoms with Crippen molar-refractivity contribution in [1.29, 1.82) is 0 Å². The molecule has 0 amide bonds. The van der Waals surface area contributed by atoms with Gasteiger partial charge in [-0.05, 0) is 83.1 Å². The van der Waals surface area contributed by atoms with Crippen LogP contribution in [0, 0.1) is 223 Å². The minimum atomic E-state index is -2.59. The monoisotopic (exact) mass is 2200 g/mol. The second-order valence-electron chi connectivity index (χ2n) is 30.5. The molecule has 0 N–H and O–H groups in total. The molecule has 29 aromatic rings. The van der Waals surface area contributed by atoms with Crippen molar-refractivity contribution in [2.24, 2.45) is 0 Å². The summed E-state index contributed by atoms with van der Waals surface area (Å²) in [6.45, 7) is 15.1. The van der Waals surface area contributed by atoms with Crippen LogP contribution < -0.4 is 0 Å². The lowest BCUT2D eigenvalue weighted by molar-refractivity contribution is 0.480. The largest absolute Gasteiger partial charge is 0.216 e. The number of hydrogen-bond acceptors (Lipinski definition) is 42. The molecule has 36 nitrogen and oxygen atoms in total. The zero-order chi connectivity index (χ0) is 107. The number of nitrogens with zero attached hydrogens (tertiary/aromatic N) is 36. The summed E-state index contributed by atoms with van der Waals surface area (Å²) in [5, 5.41) is -24.3. The molecule has 23 heterocycles. The molecule has 0 atom stereocenters. The lowest BCUT2D eigenvalue weighted by atomic mass is 10.1. The zero-order valence-corrected chi connectivity index (χ0v) is 80.5. The molecule has 6 aromatic carbocycles. The maximum Gasteiger partial charge on any atom is 0.216 e. The summed E-state index contributed by atoms with van der Waals surface area (Å²) in [5.41, 5.74) is -19.8. The van der Waals surface area contributed by atoms with E-state index in [4.69, 9.17) is 0 Å². The fraction of sp³-hybridized carbons (Fsp3) is 0.143. The summed E-state index contributed by atoms with van der Waals surface area (Å²) < 4.78 is 394. The third kappa shape index (κ3) is 18.8. The van der Waals surface area contributed by atoms with E-state index in [9.17, 15) is 0 Å². The molecule has 0 spiro atoms. The second-order valence-corrected chi connectivity index (χ2v) is 36.1. The van der Waals surface area contributed by atoms with Crippen LogP contribution in [0.15, 0.2) is 0 Å². The van der Waals surface area contributed by atoms with Crippen molar-refractivity contribution in [2.75, 3.05) is 0 Å². The van der Waals surface area contributed by atoms with Crippen molar-refractivity contribution in [1.82, 2.24) is 179 Å². The Kier molecular flexibility index (Phi) is 26.5. The van der Waals surface area contributed by atoms with Crippen molar-refractivity contribution in [2.45, 2.75) is 83.1 Å². The van der Waals surface area contributed by atoms with Crippen molar-refractivity contribution in [3.8, 4) is 0 Å². The summed E-state index contributed by atoms with van der Waals surface area (Å²) >= 11 is 7.07. The van der Waals surface area contributed by atoms with E-state index in [1.165, 1.54) is 68.0 Å². The number of fused-ring (bicyclic) bond motifs is 12. The Morgan fingerprint density at radius 2 is 0.160 bits per heavy atom. The highest BCUT2D eigenvalue weighted by Gasteiger charge is 2.34. The van der Waals surface area contributed by atoms with Crippen LogP contribution in [0.1, 0.15) is 69.9 Å². The highest BCUT2D eigenvalue weighted by Crippen LogP contribution is 2.40. The minimum Gasteiger partial charge on any atom is -0.213 e. The second kappa shape index (κ2) is 39.0. The van der Waals surface area contributed by atoms with Gasteiger partial charge in [0, 0.05) is 0 Å². The summed E-state index contributed by atoms with van der Waals surface area (Å²) in [7, 11) is 0. The van der Waals surface area contributed by atoms with Gasteiger partial charge in [-0.15, -0.1) is 0 Å². The van der Waals surface area contributed by atoms with Gasteiger partial charge in [0.15, 0.2) is 207 Å². The number of benzene rings is 6. The smallest absolute Gasteiger partial charge is 0.213 e. The topological polar surface area (TPSA) is 464 Å². The van der Waals surface area contributed by atoms with Gasteiger partial charge in [0.2, 0.25) is 59.5 Å². The summed E-state index contributed by atoms with van der Waals surface area (Å²) in [4.78, 5) is 148. The number of hydrogen-bond donors (Lipinski definition) is 0. The van der Waals surface area contributed by atoms with Crippen LogP contribution in [-0.2, 0) is 0 Å². The Morgan fingerprint density at radius 1 is 0.0933 bits per heavy atom. The third-order valence-electron chi connectivity index (χ3n) is 20.1. The Labute approximate surface area is 832 Å². The molecule has 756 valence electrons. The standard InChI is InChI=1S/C60H18F24N18.C24H18N18S6/c1-7-85-49-13-25(61)29(65)15(30(66)26(13)62)51-87-8(2)89-53(98-51)17-33(69)37(73)19(38(74)34(17)70)55-91-10(4)93-57(100-55)21-41(77)45(81)23(46(82)42(21)78)59-95-12(6)96-60(102-59)24-47(83)43(79)22(44(80)48(24)84)58-94-11(5)92-56(101-58)20-39(75)35(71)18(36(72)40(20)76)54-90-9(3)88-52(99-54)16-31(67)27(63)14(28(64)32(16)68)50(86-7)97-49;1-7-25-13-37-14(26-7)44-16-28-9(3)30-18(39-16)46-20-32-11(5)34-22(41-20)48-24-36-12(6)35-23(42-24)47-21-33-10(4)31-19(40-21)45-17-29-8(2)27-15(38-17)43-13/h1-6H3;1-6H3. The summed E-state index contributed by atoms with van der Waals surface area (Å²) in [6.07, 6.45) is 0. The van der Waals surface area contributed by atoms with Crippen molar-refractivity contribution in [3.05, 3.63) is 210 Å². The van der Waals surface area contributed by atoms with E-state index < -0.39 is 307 Å². The molecule has 66 heteroatoms. The molecule has 0 unspecified atom stereocenters. The first kappa shape index (κ1) is 102. The van der Waals surface area contributed by atoms with E-state index >= 15 is 105 Å². The van der Waals surface area contributed by atoms with Gasteiger partial charge < -0.3 is 0 Å². The average Bonchev–Trinajstić information content (AvgIpc) is 0.740. The van der Waals surface area contributed by atoms with E-state index in [2.05, 4.69) is 179 Å². The van der Waals surface area contributed by atoms with E-state index in [0.717, 1.165) is 41.5 Å². The first-order chi connectivity index (χ1) is 71.1. The Balaban J connectivity index is 0.000000244. The maximum atomic E-state index is 16.4. The van der Waals surface area contributed by atoms with E-state index in [1.54, 1.807) is 41.5 Å². The minimum absolute atomic E-state index is 0.397. The molecule has 150 heavy (non-hydrogen) atoms. The molecule has 0 aliphatic rings. The van der Waals surface area contributed by atoms with Gasteiger partial charge in [-0.25, -0.2) is 255 Å². The fourth-order valence-electron chi connectivity index (χ4n) is 14.0. The molecule has 0 aliphatic heterocycles. The highest BCUT2D eigenvalue weighted by atomic mass is 32.1. The molecule has 36 bridgehead atoms. The zero-order valence-electron chi connectivity index (χ0n) is 75.6. The van der Waals surface area contributed by atoms with Crippen LogP contribution >= 0.6 is 68.0 Å². The Hall–Kier alpha value is -16.9. The maximum absolute atomic E-state index is 16.4. The van der Waals surface area contributed by atoms with Crippen LogP contribution in [0.4, 0.5) is 105 Å². The van der Waals surface area contributed by atoms with Gasteiger partial charge in [0.25, 0.3) is 0 Å². The van der Waals surface area contributed by atoms with Crippen molar-refractivity contribution < 1.29 is 105 Å². The molecular formula is C84H36F24N36S6. The Bertz CT molecular complexity index is 8130. The molecule has 0 radical (unpaired) electrons. The summed E-state index contributed by atoms with van der Waals surface area (Å²) in [5.74, 6) is -64.7. The van der Waals surface area contributed by atoms with Crippen LogP contribution in [-0.4, -0.2) is 179 Å². The molecular weight excluding hydrogens is 2160 g/mol. The van der Waals surface area contributed by atoms with Gasteiger partial charge in [-0.1, -0.05) is 68.0 Å². The first-order valence-corrected chi connectivity index (χ1v) is 46.0. The molecule has 0 fully saturated rings. The van der Waals surface area contributed by atoms with Crippen LogP contribution in [0.25, 0.3) is 192 Å². The van der Waals surface area contributed by atoms with E-state index in [-0.39, 0.29) is 0 Å². The molecule has 0 saturated heterocycles. The van der Waals surface area contributed by atoms with E-state index in [1.807, 2.05) is 0 Å². The number of halogens is 24. The lowest BCUT2D eigenvalue weighted by Gasteiger charge is -2.08. The van der Waals surface area contributed by atoms with Crippen LogP contribution in [0.3, 0.4) is 0 Å². The van der Waals surface area contributed by atoms with Gasteiger partial charge in [0.1, 0.15) is 69.9 Å². The third-order valence-corrected chi connectivity index (χ3v) is 24.5. The molecule has 29 rings (SSSR count). The SMILES string of the molecule is Cc1nc2nc(n1)c1c(F)c(F)c(c(F)c1F)c1nc(C)nc(n1)c1c(F)c(F)c(c(F)c1F)c1nc(C)nc(n1)c1c(F)c(F)c(c(F)c1F)c1nc(C)nc(n1)c1c(F)c(F)c(c(F)c1F)c1nc(C)nc(n1)c1c(F)c(F)c(c(F)c1F)c1nc(C)nc(n1)c1c(F)c(F)c2c(F)c1F.Cc1nc2nc(n1)sc1nc(C)nc(n1)sc1nc(C)nc(n1)sc1nc(C)nc(n1)sc1nc(C)nc(n1)sc1nc(C)nc(n1)s2. The van der Waals surface area contributed by atoms with Crippen LogP contribution in [0.5, 0.6) is 0 Å². The molecule has 0 aliphatic carbocycles. The number of aromatic nitrogens is 36. The average molecular weight is 2200 g/mol. The fourth-order valence-corrected chi connectivity index (χ4v) is 19.1. The van der Waals surface area contributed by atoms with Crippen molar-refractivity contribution >= 4 is 260 Å². The molecule has 23 aromatic heterocycles. The van der Waals surface area contributed by atoms with E-state index in [0.29, 0.717) is 94.5 Å².